The number of ether oxygens (including phenoxy) is 1. The third-order valence-electron chi connectivity index (χ3n) is 5.49. The maximum Gasteiger partial charge on any atom is 0.319 e. The Morgan fingerprint density at radius 2 is 1.63 bits per heavy atom. The lowest BCUT2D eigenvalue weighted by Gasteiger charge is -2.18. The van der Waals surface area contributed by atoms with Gasteiger partial charge in [0.15, 0.2) is 0 Å². The number of carbonyl (C=O) groups is 3. The average Bonchev–Trinajstić information content (AvgIpc) is 2.93. The van der Waals surface area contributed by atoms with Gasteiger partial charge < -0.3 is 25.8 Å². The molecule has 38 heavy (non-hydrogen) atoms. The van der Waals surface area contributed by atoms with E-state index in [0.29, 0.717) is 34.8 Å². The highest BCUT2D eigenvalue weighted by molar-refractivity contribution is 6.05. The molecule has 4 rings (SSSR count). The van der Waals surface area contributed by atoms with Crippen LogP contribution in [0.15, 0.2) is 103 Å². The Labute approximate surface area is 219 Å². The summed E-state index contributed by atoms with van der Waals surface area (Å²) in [6, 6.07) is 25.8. The monoisotopic (exact) mass is 510 g/mol. The van der Waals surface area contributed by atoms with E-state index in [1.54, 1.807) is 73.1 Å². The van der Waals surface area contributed by atoms with Gasteiger partial charge in [-0.1, -0.05) is 42.5 Å². The van der Waals surface area contributed by atoms with Crippen LogP contribution in [-0.2, 0) is 11.3 Å². The Hall–Kier alpha value is -5.18. The number of urea groups is 1. The molecule has 9 nitrogen and oxygen atoms in total. The van der Waals surface area contributed by atoms with Crippen LogP contribution in [0.1, 0.15) is 34.0 Å². The molecule has 0 spiro atoms. The zero-order chi connectivity index (χ0) is 26.7. The van der Waals surface area contributed by atoms with Gasteiger partial charge in [0.25, 0.3) is 5.91 Å². The summed E-state index contributed by atoms with van der Waals surface area (Å²) in [5.74, 6) is -0.898. The van der Waals surface area contributed by atoms with Crippen LogP contribution >= 0.6 is 0 Å². The van der Waals surface area contributed by atoms with Crippen molar-refractivity contribution in [3.63, 3.8) is 0 Å². The summed E-state index contributed by atoms with van der Waals surface area (Å²) >= 11 is 0. The number of carbonyl (C=O) groups excluding carboxylic acids is 2. The maximum atomic E-state index is 12.8. The van der Waals surface area contributed by atoms with Gasteiger partial charge in [-0.3, -0.25) is 14.6 Å². The standard InChI is InChI=1S/C29H26N4O5/c34-27(35)17-26(22-9-5-15-30-19-22)38-25-13-11-23(12-14-25)32-28(36)21-8-4-10-24(16-21)33-29(37)31-18-20-6-2-1-3-7-20/h1-16,19,26H,17-18H2,(H,32,36)(H,34,35)(H2,31,33,37). The van der Waals surface area contributed by atoms with Crippen LogP contribution in [0.5, 0.6) is 5.75 Å². The minimum absolute atomic E-state index is 0.223. The molecule has 9 heteroatoms. The van der Waals surface area contributed by atoms with Crippen molar-refractivity contribution in [3.05, 3.63) is 120 Å². The number of carboxylic acids is 1. The number of pyridine rings is 1. The van der Waals surface area contributed by atoms with Crippen LogP contribution in [0.4, 0.5) is 16.2 Å². The number of hydrogen-bond acceptors (Lipinski definition) is 5. The summed E-state index contributed by atoms with van der Waals surface area (Å²) in [6.07, 6.45) is 2.24. The molecule has 0 fully saturated rings. The first kappa shape index (κ1) is 25.9. The Kier molecular flexibility index (Phi) is 8.64. The van der Waals surface area contributed by atoms with Gasteiger partial charge in [-0.15, -0.1) is 0 Å². The number of benzene rings is 3. The number of aromatic nitrogens is 1. The number of hydrogen-bond donors (Lipinski definition) is 4. The molecule has 1 aromatic heterocycles. The first-order valence-electron chi connectivity index (χ1n) is 11.8. The van der Waals surface area contributed by atoms with E-state index in [1.807, 2.05) is 30.3 Å². The lowest BCUT2D eigenvalue weighted by molar-refractivity contribution is -0.138. The van der Waals surface area contributed by atoms with Crippen LogP contribution in [0.2, 0.25) is 0 Å². The molecule has 0 aliphatic rings. The molecule has 0 aliphatic carbocycles. The van der Waals surface area contributed by atoms with E-state index in [9.17, 15) is 19.5 Å². The van der Waals surface area contributed by atoms with E-state index in [4.69, 9.17) is 4.74 Å². The molecular weight excluding hydrogens is 484 g/mol. The number of nitrogens with one attached hydrogen (secondary N) is 3. The highest BCUT2D eigenvalue weighted by Gasteiger charge is 2.18. The zero-order valence-electron chi connectivity index (χ0n) is 20.3. The van der Waals surface area contributed by atoms with E-state index in [2.05, 4.69) is 20.9 Å². The summed E-state index contributed by atoms with van der Waals surface area (Å²) in [7, 11) is 0. The van der Waals surface area contributed by atoms with Crippen molar-refractivity contribution in [3.8, 4) is 5.75 Å². The fourth-order valence-electron chi connectivity index (χ4n) is 3.63. The van der Waals surface area contributed by atoms with Crippen molar-refractivity contribution in [2.45, 2.75) is 19.1 Å². The molecule has 1 heterocycles. The van der Waals surface area contributed by atoms with Gasteiger partial charge in [0.2, 0.25) is 0 Å². The minimum Gasteiger partial charge on any atom is -0.485 e. The van der Waals surface area contributed by atoms with Crippen molar-refractivity contribution in [1.29, 1.82) is 0 Å². The summed E-state index contributed by atoms with van der Waals surface area (Å²) < 4.78 is 5.88. The quantitative estimate of drug-likeness (QED) is 0.231. The SMILES string of the molecule is O=C(O)CC(Oc1ccc(NC(=O)c2cccc(NC(=O)NCc3ccccc3)c2)cc1)c1cccnc1. The lowest BCUT2D eigenvalue weighted by atomic mass is 10.1. The van der Waals surface area contributed by atoms with Crippen LogP contribution in [0, 0.1) is 0 Å². The van der Waals surface area contributed by atoms with E-state index < -0.39 is 12.1 Å². The second kappa shape index (κ2) is 12.7. The number of amides is 3. The molecule has 0 aliphatic heterocycles. The van der Waals surface area contributed by atoms with Crippen LogP contribution in [0.3, 0.4) is 0 Å². The van der Waals surface area contributed by atoms with Gasteiger partial charge in [0.1, 0.15) is 11.9 Å². The van der Waals surface area contributed by atoms with Crippen molar-refractivity contribution in [2.24, 2.45) is 0 Å². The van der Waals surface area contributed by atoms with Crippen molar-refractivity contribution in [1.82, 2.24) is 10.3 Å². The van der Waals surface area contributed by atoms with Gasteiger partial charge >= 0.3 is 12.0 Å². The van der Waals surface area contributed by atoms with Crippen LogP contribution in [0.25, 0.3) is 0 Å². The number of rotatable bonds is 10. The van der Waals surface area contributed by atoms with Crippen molar-refractivity contribution >= 4 is 29.3 Å². The molecular formula is C29H26N4O5. The molecule has 0 saturated heterocycles. The van der Waals surface area contributed by atoms with Crippen molar-refractivity contribution < 1.29 is 24.2 Å². The summed E-state index contributed by atoms with van der Waals surface area (Å²) in [6.45, 7) is 0.381. The predicted molar refractivity (Wildman–Crippen MR) is 143 cm³/mol. The smallest absolute Gasteiger partial charge is 0.319 e. The molecule has 1 atom stereocenters. The second-order valence-electron chi connectivity index (χ2n) is 8.34. The van der Waals surface area contributed by atoms with Crippen LogP contribution in [-0.4, -0.2) is 28.0 Å². The summed E-state index contributed by atoms with van der Waals surface area (Å²) in [4.78, 5) is 40.3. The molecule has 4 N–H and O–H groups in total. The van der Waals surface area contributed by atoms with Gasteiger partial charge in [-0.05, 0) is 54.1 Å². The Morgan fingerprint density at radius 1 is 0.842 bits per heavy atom. The molecule has 0 saturated carbocycles. The topological polar surface area (TPSA) is 130 Å². The molecule has 1 unspecified atom stereocenters. The predicted octanol–water partition coefficient (Wildman–Crippen LogP) is 5.25. The highest BCUT2D eigenvalue weighted by Crippen LogP contribution is 2.26. The second-order valence-corrected chi connectivity index (χ2v) is 8.34. The largest absolute Gasteiger partial charge is 0.485 e. The molecule has 0 bridgehead atoms. The normalized spacial score (nSPS) is 11.2. The Bertz CT molecular complexity index is 1380. The lowest BCUT2D eigenvalue weighted by Crippen LogP contribution is -2.28. The van der Waals surface area contributed by atoms with E-state index in [-0.39, 0.29) is 18.4 Å². The van der Waals surface area contributed by atoms with E-state index >= 15 is 0 Å². The van der Waals surface area contributed by atoms with Gasteiger partial charge in [-0.25, -0.2) is 4.79 Å². The molecule has 3 amide bonds. The third kappa shape index (κ3) is 7.66. The molecule has 0 radical (unpaired) electrons. The first-order valence-corrected chi connectivity index (χ1v) is 11.8. The first-order chi connectivity index (χ1) is 18.5. The summed E-state index contributed by atoms with van der Waals surface area (Å²) in [5.41, 5.74) is 2.99. The number of anilines is 2. The van der Waals surface area contributed by atoms with Gasteiger partial charge in [0, 0.05) is 41.4 Å². The van der Waals surface area contributed by atoms with Gasteiger partial charge in [-0.2, -0.15) is 0 Å². The number of carboxylic acid groups (broad SMARTS) is 1. The fraction of sp³-hybridized carbons (Fsp3) is 0.103. The highest BCUT2D eigenvalue weighted by atomic mass is 16.5. The van der Waals surface area contributed by atoms with E-state index in [1.165, 1.54) is 0 Å². The molecule has 3 aromatic carbocycles. The van der Waals surface area contributed by atoms with Crippen LogP contribution < -0.4 is 20.7 Å². The summed E-state index contributed by atoms with van der Waals surface area (Å²) in [5, 5.41) is 17.6. The zero-order valence-corrected chi connectivity index (χ0v) is 20.3. The number of aliphatic carboxylic acids is 1. The average molecular weight is 511 g/mol. The molecule has 192 valence electrons. The van der Waals surface area contributed by atoms with E-state index in [0.717, 1.165) is 5.56 Å². The molecule has 4 aromatic rings. The maximum absolute atomic E-state index is 12.8. The minimum atomic E-state index is -0.992. The van der Waals surface area contributed by atoms with Gasteiger partial charge in [0.05, 0.1) is 6.42 Å². The third-order valence-corrected chi connectivity index (χ3v) is 5.49. The fourth-order valence-corrected chi connectivity index (χ4v) is 3.63. The Balaban J connectivity index is 1.33. The number of nitrogens with zero attached hydrogens (tertiary/aromatic N) is 1. The van der Waals surface area contributed by atoms with Crippen molar-refractivity contribution in [2.75, 3.05) is 10.6 Å². The Morgan fingerprint density at radius 3 is 2.34 bits per heavy atom.